The van der Waals surface area contributed by atoms with Gasteiger partial charge in [0.2, 0.25) is 5.91 Å². The topological polar surface area (TPSA) is 58.6 Å². The quantitative estimate of drug-likeness (QED) is 0.849. The number of rotatable bonds is 3. The summed E-state index contributed by atoms with van der Waals surface area (Å²) in [5.41, 5.74) is 1.14. The summed E-state index contributed by atoms with van der Waals surface area (Å²) in [4.78, 5) is 24.7. The lowest BCUT2D eigenvalue weighted by Gasteiger charge is -2.36. The van der Waals surface area contributed by atoms with E-state index < -0.39 is 0 Å². The molecule has 0 spiro atoms. The molecule has 118 valence electrons. The number of anilines is 1. The van der Waals surface area contributed by atoms with Gasteiger partial charge in [-0.3, -0.25) is 4.79 Å². The minimum atomic E-state index is 0.0337. The van der Waals surface area contributed by atoms with Gasteiger partial charge in [0.15, 0.2) is 0 Å². The zero-order valence-electron chi connectivity index (χ0n) is 12.7. The van der Waals surface area contributed by atoms with Crippen molar-refractivity contribution in [2.45, 2.75) is 18.7 Å². The molecule has 0 aliphatic carbocycles. The highest BCUT2D eigenvalue weighted by atomic mass is 16.5. The molecule has 2 saturated heterocycles. The predicted octanol–water partition coefficient (Wildman–Crippen LogP) is 1.09. The standard InChI is InChI=1S/C17H18N4O2/c22-17-11-23-15-10-20(16-6-7-18-12-19-16)9-14(15)21(17)8-13-4-2-1-3-5-13/h1-7,12,14-15H,8-11H2/t14-,15-/m1/s1. The summed E-state index contributed by atoms with van der Waals surface area (Å²) in [5.74, 6) is 0.935. The molecule has 6 nitrogen and oxygen atoms in total. The first-order valence-electron chi connectivity index (χ1n) is 7.77. The first kappa shape index (κ1) is 14.1. The first-order chi connectivity index (χ1) is 11.3. The van der Waals surface area contributed by atoms with E-state index in [4.69, 9.17) is 4.74 Å². The SMILES string of the molecule is O=C1CO[C@@H]2CN(c3ccncn3)C[C@H]2N1Cc1ccccc1. The molecule has 0 radical (unpaired) electrons. The van der Waals surface area contributed by atoms with Crippen molar-refractivity contribution in [2.75, 3.05) is 24.6 Å². The van der Waals surface area contributed by atoms with Crippen molar-refractivity contribution in [3.05, 3.63) is 54.5 Å². The lowest BCUT2D eigenvalue weighted by Crippen LogP contribution is -2.53. The van der Waals surface area contributed by atoms with Crippen molar-refractivity contribution in [1.29, 1.82) is 0 Å². The summed E-state index contributed by atoms with van der Waals surface area (Å²) >= 11 is 0. The van der Waals surface area contributed by atoms with Gasteiger partial charge in [0.25, 0.3) is 0 Å². The zero-order valence-corrected chi connectivity index (χ0v) is 12.7. The Morgan fingerprint density at radius 1 is 1.17 bits per heavy atom. The van der Waals surface area contributed by atoms with E-state index >= 15 is 0 Å². The molecule has 1 amide bonds. The Balaban J connectivity index is 1.54. The molecule has 3 heterocycles. The largest absolute Gasteiger partial charge is 0.364 e. The van der Waals surface area contributed by atoms with Crippen molar-refractivity contribution in [1.82, 2.24) is 14.9 Å². The minimum Gasteiger partial charge on any atom is -0.364 e. The lowest BCUT2D eigenvalue weighted by atomic mass is 10.1. The van der Waals surface area contributed by atoms with Crippen LogP contribution in [0.4, 0.5) is 5.82 Å². The van der Waals surface area contributed by atoms with E-state index in [0.29, 0.717) is 6.54 Å². The van der Waals surface area contributed by atoms with Gasteiger partial charge in [-0.05, 0) is 11.6 Å². The van der Waals surface area contributed by atoms with Crippen LogP contribution in [0.2, 0.25) is 0 Å². The van der Waals surface area contributed by atoms with E-state index in [9.17, 15) is 4.79 Å². The average molecular weight is 310 g/mol. The van der Waals surface area contributed by atoms with Crippen LogP contribution < -0.4 is 4.90 Å². The summed E-state index contributed by atoms with van der Waals surface area (Å²) in [6.07, 6.45) is 3.31. The van der Waals surface area contributed by atoms with E-state index in [-0.39, 0.29) is 24.7 Å². The lowest BCUT2D eigenvalue weighted by molar-refractivity contribution is -0.153. The fourth-order valence-corrected chi connectivity index (χ4v) is 3.31. The van der Waals surface area contributed by atoms with Gasteiger partial charge >= 0.3 is 0 Å². The van der Waals surface area contributed by atoms with Crippen LogP contribution in [0.15, 0.2) is 48.9 Å². The number of carbonyl (C=O) groups is 1. The second-order valence-corrected chi connectivity index (χ2v) is 5.90. The van der Waals surface area contributed by atoms with Crippen molar-refractivity contribution in [2.24, 2.45) is 0 Å². The number of hydrogen-bond donors (Lipinski definition) is 0. The molecule has 0 unspecified atom stereocenters. The fraction of sp³-hybridized carbons (Fsp3) is 0.353. The van der Waals surface area contributed by atoms with Crippen LogP contribution in [0.1, 0.15) is 5.56 Å². The molecule has 0 bridgehead atoms. The van der Waals surface area contributed by atoms with Crippen LogP contribution in [0.5, 0.6) is 0 Å². The zero-order chi connectivity index (χ0) is 15.6. The van der Waals surface area contributed by atoms with E-state index in [1.54, 1.807) is 12.5 Å². The molecule has 4 rings (SSSR count). The maximum absolute atomic E-state index is 12.3. The summed E-state index contributed by atoms with van der Waals surface area (Å²) in [7, 11) is 0. The van der Waals surface area contributed by atoms with Crippen LogP contribution in [-0.2, 0) is 16.1 Å². The summed E-state index contributed by atoms with van der Waals surface area (Å²) < 4.78 is 5.76. The Labute approximate surface area is 134 Å². The second-order valence-electron chi connectivity index (χ2n) is 5.90. The van der Waals surface area contributed by atoms with Crippen LogP contribution in [0.3, 0.4) is 0 Å². The van der Waals surface area contributed by atoms with Crippen molar-refractivity contribution in [3.8, 4) is 0 Å². The minimum absolute atomic E-state index is 0.0337. The molecule has 2 aromatic rings. The van der Waals surface area contributed by atoms with Gasteiger partial charge in [-0.15, -0.1) is 0 Å². The van der Waals surface area contributed by atoms with Gasteiger partial charge < -0.3 is 14.5 Å². The highest BCUT2D eigenvalue weighted by Crippen LogP contribution is 2.27. The van der Waals surface area contributed by atoms with E-state index in [2.05, 4.69) is 27.0 Å². The maximum Gasteiger partial charge on any atom is 0.249 e. The van der Waals surface area contributed by atoms with Gasteiger partial charge in [-0.25, -0.2) is 9.97 Å². The Kier molecular flexibility index (Phi) is 3.67. The van der Waals surface area contributed by atoms with Crippen molar-refractivity contribution >= 4 is 11.7 Å². The second kappa shape index (κ2) is 5.96. The molecule has 2 atom stereocenters. The van der Waals surface area contributed by atoms with Gasteiger partial charge in [-0.1, -0.05) is 30.3 Å². The Hall–Kier alpha value is -2.47. The maximum atomic E-state index is 12.3. The van der Waals surface area contributed by atoms with Crippen LogP contribution in [0.25, 0.3) is 0 Å². The molecule has 6 heteroatoms. The third-order valence-corrected chi connectivity index (χ3v) is 4.46. The number of nitrogens with zero attached hydrogens (tertiary/aromatic N) is 4. The van der Waals surface area contributed by atoms with Crippen LogP contribution in [0, 0.1) is 0 Å². The predicted molar refractivity (Wildman–Crippen MR) is 84.8 cm³/mol. The molecule has 2 aliphatic heterocycles. The Morgan fingerprint density at radius 2 is 2.04 bits per heavy atom. The highest BCUT2D eigenvalue weighted by molar-refractivity contribution is 5.79. The summed E-state index contributed by atoms with van der Waals surface area (Å²) in [6.45, 7) is 2.27. The molecule has 1 aromatic heterocycles. The molecular formula is C17H18N4O2. The molecule has 2 aliphatic rings. The third-order valence-electron chi connectivity index (χ3n) is 4.46. The number of aromatic nitrogens is 2. The monoisotopic (exact) mass is 310 g/mol. The van der Waals surface area contributed by atoms with E-state index in [1.807, 2.05) is 29.2 Å². The smallest absolute Gasteiger partial charge is 0.249 e. The number of carbonyl (C=O) groups excluding carboxylic acids is 1. The molecular weight excluding hydrogens is 292 g/mol. The average Bonchev–Trinajstić information content (AvgIpc) is 3.04. The molecule has 0 saturated carbocycles. The van der Waals surface area contributed by atoms with Crippen LogP contribution in [-0.4, -0.2) is 52.6 Å². The molecule has 1 aromatic carbocycles. The number of morpholine rings is 1. The third kappa shape index (κ3) is 2.77. The summed E-state index contributed by atoms with van der Waals surface area (Å²) in [5, 5.41) is 0. The first-order valence-corrected chi connectivity index (χ1v) is 7.77. The van der Waals surface area contributed by atoms with E-state index in [0.717, 1.165) is 24.5 Å². The van der Waals surface area contributed by atoms with Gasteiger partial charge in [0.05, 0.1) is 12.1 Å². The molecule has 2 fully saturated rings. The normalized spacial score (nSPS) is 23.9. The van der Waals surface area contributed by atoms with Gasteiger partial charge in [0.1, 0.15) is 18.8 Å². The van der Waals surface area contributed by atoms with Crippen LogP contribution >= 0.6 is 0 Å². The molecule has 23 heavy (non-hydrogen) atoms. The fourth-order valence-electron chi connectivity index (χ4n) is 3.31. The van der Waals surface area contributed by atoms with Crippen molar-refractivity contribution < 1.29 is 9.53 Å². The van der Waals surface area contributed by atoms with Gasteiger partial charge in [-0.2, -0.15) is 0 Å². The number of fused-ring (bicyclic) bond motifs is 1. The number of hydrogen-bond acceptors (Lipinski definition) is 5. The highest BCUT2D eigenvalue weighted by Gasteiger charge is 2.43. The Bertz CT molecular complexity index is 680. The number of benzene rings is 1. The van der Waals surface area contributed by atoms with Crippen molar-refractivity contribution in [3.63, 3.8) is 0 Å². The molecule has 0 N–H and O–H groups in total. The Morgan fingerprint density at radius 3 is 2.83 bits per heavy atom. The van der Waals surface area contributed by atoms with E-state index in [1.165, 1.54) is 0 Å². The number of amides is 1. The van der Waals surface area contributed by atoms with Gasteiger partial charge in [0, 0.05) is 25.8 Å². The number of ether oxygens (including phenoxy) is 1. The summed E-state index contributed by atoms with van der Waals surface area (Å²) in [6, 6.07) is 12.0.